The van der Waals surface area contributed by atoms with Gasteiger partial charge in [0.2, 0.25) is 5.95 Å². The molecule has 1 aliphatic heterocycles. The first kappa shape index (κ1) is 16.4. The van der Waals surface area contributed by atoms with Crippen molar-refractivity contribution in [3.63, 3.8) is 0 Å². The summed E-state index contributed by atoms with van der Waals surface area (Å²) in [4.78, 5) is 11.3. The van der Waals surface area contributed by atoms with E-state index >= 15 is 0 Å². The molecule has 2 heterocycles. The minimum absolute atomic E-state index is 0.496. The van der Waals surface area contributed by atoms with Crippen molar-refractivity contribution in [1.29, 1.82) is 0 Å². The highest BCUT2D eigenvalue weighted by molar-refractivity contribution is 7.80. The molecule has 0 spiro atoms. The van der Waals surface area contributed by atoms with Crippen molar-refractivity contribution in [3.05, 3.63) is 59.8 Å². The van der Waals surface area contributed by atoms with Crippen molar-refractivity contribution in [2.24, 2.45) is 0 Å². The fourth-order valence-electron chi connectivity index (χ4n) is 2.77. The SMILES string of the molecule is C=CCNC(=S)Nc1nc(C)cc(N2CCc3ccccc3C2)n1. The van der Waals surface area contributed by atoms with Gasteiger partial charge in [-0.1, -0.05) is 30.3 Å². The van der Waals surface area contributed by atoms with Gasteiger partial charge in [-0.15, -0.1) is 6.58 Å². The quantitative estimate of drug-likeness (QED) is 0.660. The van der Waals surface area contributed by atoms with Crippen LogP contribution in [0.4, 0.5) is 11.8 Å². The molecule has 1 aromatic heterocycles. The summed E-state index contributed by atoms with van der Waals surface area (Å²) < 4.78 is 0. The van der Waals surface area contributed by atoms with Gasteiger partial charge in [0.15, 0.2) is 5.11 Å². The zero-order chi connectivity index (χ0) is 16.9. The molecule has 0 saturated heterocycles. The van der Waals surface area contributed by atoms with Crippen LogP contribution in [0.3, 0.4) is 0 Å². The predicted molar refractivity (Wildman–Crippen MR) is 102 cm³/mol. The standard InChI is InChI=1S/C18H21N5S/c1-3-9-19-18(24)22-17-20-13(2)11-16(21-17)23-10-8-14-6-4-5-7-15(14)12-23/h3-7,11H,1,8-10,12H2,2H3,(H2,19,20,21,22,24). The van der Waals surface area contributed by atoms with Gasteiger partial charge in [-0.05, 0) is 36.7 Å². The molecule has 3 rings (SSSR count). The molecule has 0 fully saturated rings. The number of aromatic nitrogens is 2. The molecular weight excluding hydrogens is 318 g/mol. The van der Waals surface area contributed by atoms with Crippen molar-refractivity contribution in [1.82, 2.24) is 15.3 Å². The van der Waals surface area contributed by atoms with Crippen molar-refractivity contribution in [2.45, 2.75) is 19.9 Å². The fourth-order valence-corrected chi connectivity index (χ4v) is 2.95. The van der Waals surface area contributed by atoms with Crippen LogP contribution in [0.2, 0.25) is 0 Å². The first-order valence-electron chi connectivity index (χ1n) is 7.99. The van der Waals surface area contributed by atoms with Gasteiger partial charge in [-0.3, -0.25) is 0 Å². The summed E-state index contributed by atoms with van der Waals surface area (Å²) in [7, 11) is 0. The van der Waals surface area contributed by atoms with E-state index in [-0.39, 0.29) is 0 Å². The summed E-state index contributed by atoms with van der Waals surface area (Å²) in [6.45, 7) is 8.05. The second-order valence-electron chi connectivity index (χ2n) is 5.76. The number of anilines is 2. The van der Waals surface area contributed by atoms with Crippen LogP contribution in [0, 0.1) is 6.92 Å². The van der Waals surface area contributed by atoms with Crippen LogP contribution in [0.25, 0.3) is 0 Å². The van der Waals surface area contributed by atoms with Gasteiger partial charge >= 0.3 is 0 Å². The molecule has 0 radical (unpaired) electrons. The monoisotopic (exact) mass is 339 g/mol. The van der Waals surface area contributed by atoms with Crippen LogP contribution < -0.4 is 15.5 Å². The van der Waals surface area contributed by atoms with Crippen molar-refractivity contribution >= 4 is 29.1 Å². The number of benzene rings is 1. The molecule has 0 bridgehead atoms. The second-order valence-corrected chi connectivity index (χ2v) is 6.16. The molecular formula is C18H21N5S. The second kappa shape index (κ2) is 7.40. The largest absolute Gasteiger partial charge is 0.359 e. The Hall–Kier alpha value is -2.47. The molecule has 0 saturated carbocycles. The molecule has 5 nitrogen and oxygen atoms in total. The average molecular weight is 339 g/mol. The smallest absolute Gasteiger partial charge is 0.231 e. The summed E-state index contributed by atoms with van der Waals surface area (Å²) in [6.07, 6.45) is 2.78. The summed E-state index contributed by atoms with van der Waals surface area (Å²) in [5.41, 5.74) is 3.69. The van der Waals surface area contributed by atoms with Gasteiger partial charge in [0.1, 0.15) is 5.82 Å². The van der Waals surface area contributed by atoms with Crippen LogP contribution >= 0.6 is 12.2 Å². The summed E-state index contributed by atoms with van der Waals surface area (Å²) in [5, 5.41) is 6.56. The third-order valence-electron chi connectivity index (χ3n) is 3.93. The zero-order valence-electron chi connectivity index (χ0n) is 13.7. The van der Waals surface area contributed by atoms with E-state index in [1.165, 1.54) is 11.1 Å². The summed E-state index contributed by atoms with van der Waals surface area (Å²) in [5.74, 6) is 1.44. The van der Waals surface area contributed by atoms with E-state index in [0.29, 0.717) is 17.6 Å². The van der Waals surface area contributed by atoms with Crippen LogP contribution in [-0.2, 0) is 13.0 Å². The van der Waals surface area contributed by atoms with Crippen LogP contribution in [0.1, 0.15) is 16.8 Å². The van der Waals surface area contributed by atoms with E-state index in [4.69, 9.17) is 12.2 Å². The summed E-state index contributed by atoms with van der Waals surface area (Å²) in [6, 6.07) is 10.6. The fraction of sp³-hybridized carbons (Fsp3) is 0.278. The Kier molecular flexibility index (Phi) is 5.05. The molecule has 0 amide bonds. The number of nitrogens with zero attached hydrogens (tertiary/aromatic N) is 3. The van der Waals surface area contributed by atoms with Crippen LogP contribution in [0.5, 0.6) is 0 Å². The van der Waals surface area contributed by atoms with Gasteiger partial charge < -0.3 is 15.5 Å². The minimum atomic E-state index is 0.496. The maximum Gasteiger partial charge on any atom is 0.231 e. The lowest BCUT2D eigenvalue weighted by Crippen LogP contribution is -2.32. The highest BCUT2D eigenvalue weighted by Gasteiger charge is 2.18. The first-order chi connectivity index (χ1) is 11.7. The molecule has 0 aliphatic carbocycles. The van der Waals surface area contributed by atoms with Gasteiger partial charge in [-0.25, -0.2) is 4.98 Å². The Morgan fingerprint density at radius 1 is 1.33 bits per heavy atom. The van der Waals surface area contributed by atoms with Crippen molar-refractivity contribution in [3.8, 4) is 0 Å². The highest BCUT2D eigenvalue weighted by Crippen LogP contribution is 2.24. The van der Waals surface area contributed by atoms with Crippen molar-refractivity contribution < 1.29 is 0 Å². The number of fused-ring (bicyclic) bond motifs is 1. The maximum absolute atomic E-state index is 5.23. The Balaban J connectivity index is 1.77. The van der Waals surface area contributed by atoms with E-state index < -0.39 is 0 Å². The minimum Gasteiger partial charge on any atom is -0.359 e. The Morgan fingerprint density at radius 3 is 2.92 bits per heavy atom. The van der Waals surface area contributed by atoms with E-state index in [1.54, 1.807) is 6.08 Å². The van der Waals surface area contributed by atoms with Gasteiger partial charge in [0, 0.05) is 31.4 Å². The third-order valence-corrected chi connectivity index (χ3v) is 4.17. The van der Waals surface area contributed by atoms with Gasteiger partial charge in [0.05, 0.1) is 0 Å². The molecule has 0 unspecified atom stereocenters. The van der Waals surface area contributed by atoms with E-state index in [1.807, 2.05) is 13.0 Å². The maximum atomic E-state index is 5.23. The van der Waals surface area contributed by atoms with Gasteiger partial charge in [-0.2, -0.15) is 4.98 Å². The van der Waals surface area contributed by atoms with Crippen molar-refractivity contribution in [2.75, 3.05) is 23.3 Å². The summed E-state index contributed by atoms with van der Waals surface area (Å²) >= 11 is 5.23. The van der Waals surface area contributed by atoms with E-state index in [2.05, 4.69) is 56.3 Å². The molecule has 1 aromatic carbocycles. The molecule has 24 heavy (non-hydrogen) atoms. The molecule has 6 heteroatoms. The molecule has 2 N–H and O–H groups in total. The molecule has 2 aromatic rings. The Morgan fingerprint density at radius 2 is 2.12 bits per heavy atom. The lowest BCUT2D eigenvalue weighted by molar-refractivity contribution is 0.719. The highest BCUT2D eigenvalue weighted by atomic mass is 32.1. The number of hydrogen-bond donors (Lipinski definition) is 2. The molecule has 1 aliphatic rings. The first-order valence-corrected chi connectivity index (χ1v) is 8.39. The predicted octanol–water partition coefficient (Wildman–Crippen LogP) is 2.82. The number of rotatable bonds is 4. The lowest BCUT2D eigenvalue weighted by atomic mass is 10.00. The van der Waals surface area contributed by atoms with Gasteiger partial charge in [0.25, 0.3) is 0 Å². The number of thiocarbonyl (C=S) groups is 1. The topological polar surface area (TPSA) is 53.1 Å². The van der Waals surface area contributed by atoms with Crippen LogP contribution in [-0.4, -0.2) is 28.2 Å². The third kappa shape index (κ3) is 3.89. The lowest BCUT2D eigenvalue weighted by Gasteiger charge is -2.30. The number of aryl methyl sites for hydroxylation is 1. The van der Waals surface area contributed by atoms with E-state index in [9.17, 15) is 0 Å². The normalized spacial score (nSPS) is 13.1. The Bertz CT molecular complexity index is 759. The van der Waals surface area contributed by atoms with Crippen LogP contribution in [0.15, 0.2) is 43.0 Å². The Labute approximate surface area is 147 Å². The average Bonchev–Trinajstić information content (AvgIpc) is 2.59. The molecule has 124 valence electrons. The van der Waals surface area contributed by atoms with E-state index in [0.717, 1.165) is 31.0 Å². The zero-order valence-corrected chi connectivity index (χ0v) is 14.6. The molecule has 0 atom stereocenters. The number of nitrogens with one attached hydrogen (secondary N) is 2. The number of hydrogen-bond acceptors (Lipinski definition) is 4.